The standard InChI is InChI=1S/C26H35N3O2/c1-10-31-24(30)21-15-17(2)28(18(21)3)19-11-13-20(14-12-19)29-23(26(7,8)9)16-22(27-29)25(4,5)6/h11-16H,10H2,1-9H3. The number of carbonyl (C=O) groups is 1. The average Bonchev–Trinajstić information content (AvgIpc) is 3.24. The van der Waals surface area contributed by atoms with Crippen LogP contribution in [0.4, 0.5) is 0 Å². The number of aromatic nitrogens is 3. The summed E-state index contributed by atoms with van der Waals surface area (Å²) in [5, 5.41) is 4.95. The first kappa shape index (κ1) is 22.9. The number of esters is 1. The summed E-state index contributed by atoms with van der Waals surface area (Å²) in [6.07, 6.45) is 0. The molecule has 0 unspecified atom stereocenters. The van der Waals surface area contributed by atoms with Crippen molar-refractivity contribution in [3.63, 3.8) is 0 Å². The van der Waals surface area contributed by atoms with E-state index in [0.29, 0.717) is 12.2 Å². The minimum absolute atomic E-state index is 0.0198. The Morgan fingerprint density at radius 1 is 0.935 bits per heavy atom. The molecule has 3 rings (SSSR count). The summed E-state index contributed by atoms with van der Waals surface area (Å²) in [4.78, 5) is 12.3. The monoisotopic (exact) mass is 421 g/mol. The summed E-state index contributed by atoms with van der Waals surface area (Å²) in [6, 6.07) is 12.5. The molecule has 2 aromatic heterocycles. The van der Waals surface area contributed by atoms with E-state index < -0.39 is 0 Å². The van der Waals surface area contributed by atoms with Gasteiger partial charge in [0.05, 0.1) is 23.6 Å². The lowest BCUT2D eigenvalue weighted by Gasteiger charge is -2.20. The molecule has 5 nitrogen and oxygen atoms in total. The van der Waals surface area contributed by atoms with Gasteiger partial charge in [0.2, 0.25) is 0 Å². The quantitative estimate of drug-likeness (QED) is 0.482. The third-order valence-corrected chi connectivity index (χ3v) is 5.53. The Balaban J connectivity index is 2.04. The fourth-order valence-corrected chi connectivity index (χ4v) is 3.80. The molecule has 0 saturated heterocycles. The van der Waals surface area contributed by atoms with Gasteiger partial charge >= 0.3 is 5.97 Å². The third kappa shape index (κ3) is 4.46. The Hall–Kier alpha value is -2.82. The van der Waals surface area contributed by atoms with Crippen LogP contribution in [0, 0.1) is 13.8 Å². The number of rotatable bonds is 4. The van der Waals surface area contributed by atoms with Crippen LogP contribution in [0.5, 0.6) is 0 Å². The lowest BCUT2D eigenvalue weighted by molar-refractivity contribution is 0.0525. The van der Waals surface area contributed by atoms with E-state index in [9.17, 15) is 4.79 Å². The largest absolute Gasteiger partial charge is 0.462 e. The molecule has 0 amide bonds. The molecule has 166 valence electrons. The van der Waals surface area contributed by atoms with Crippen LogP contribution in [0.3, 0.4) is 0 Å². The summed E-state index contributed by atoms with van der Waals surface area (Å²) < 4.78 is 9.35. The second kappa shape index (κ2) is 8.03. The predicted octanol–water partition coefficient (Wildman–Crippen LogP) is 6.05. The first-order chi connectivity index (χ1) is 14.3. The number of hydrogen-bond acceptors (Lipinski definition) is 3. The number of carbonyl (C=O) groups excluding carboxylic acids is 1. The second-order valence-corrected chi connectivity index (χ2v) is 10.2. The first-order valence-electron chi connectivity index (χ1n) is 10.9. The topological polar surface area (TPSA) is 49.0 Å². The van der Waals surface area contributed by atoms with Gasteiger partial charge in [0, 0.05) is 33.6 Å². The predicted molar refractivity (Wildman–Crippen MR) is 126 cm³/mol. The van der Waals surface area contributed by atoms with E-state index in [1.165, 1.54) is 5.69 Å². The maximum absolute atomic E-state index is 12.3. The highest BCUT2D eigenvalue weighted by Crippen LogP contribution is 2.31. The molecule has 0 aliphatic heterocycles. The SMILES string of the molecule is CCOC(=O)c1cc(C)n(-c2ccc(-n3nc(C(C)(C)C)cc3C(C)(C)C)cc2)c1C. The Morgan fingerprint density at radius 3 is 2.03 bits per heavy atom. The van der Waals surface area contributed by atoms with E-state index in [-0.39, 0.29) is 16.8 Å². The molecular formula is C26H35N3O2. The fourth-order valence-electron chi connectivity index (χ4n) is 3.80. The van der Waals surface area contributed by atoms with Gasteiger partial charge in [0.25, 0.3) is 0 Å². The van der Waals surface area contributed by atoms with E-state index in [0.717, 1.165) is 28.5 Å². The van der Waals surface area contributed by atoms with Crippen molar-refractivity contribution in [3.05, 3.63) is 64.7 Å². The van der Waals surface area contributed by atoms with Gasteiger partial charge in [-0.25, -0.2) is 9.48 Å². The lowest BCUT2D eigenvalue weighted by atomic mass is 9.88. The molecule has 0 atom stereocenters. The van der Waals surface area contributed by atoms with Crippen LogP contribution in [0.15, 0.2) is 36.4 Å². The number of ether oxygens (including phenoxy) is 1. The molecule has 2 heterocycles. The average molecular weight is 422 g/mol. The zero-order valence-corrected chi connectivity index (χ0v) is 20.3. The second-order valence-electron chi connectivity index (χ2n) is 10.2. The first-order valence-corrected chi connectivity index (χ1v) is 10.9. The van der Waals surface area contributed by atoms with Crippen LogP contribution in [0.1, 0.15) is 81.6 Å². The minimum Gasteiger partial charge on any atom is -0.462 e. The van der Waals surface area contributed by atoms with Crippen LogP contribution in [-0.2, 0) is 15.6 Å². The molecule has 0 radical (unpaired) electrons. The Bertz CT molecular complexity index is 1090. The fraction of sp³-hybridized carbons (Fsp3) is 0.462. The smallest absolute Gasteiger partial charge is 0.339 e. The Labute approximate surface area is 186 Å². The highest BCUT2D eigenvalue weighted by Gasteiger charge is 2.26. The Morgan fingerprint density at radius 2 is 1.52 bits per heavy atom. The summed E-state index contributed by atoms with van der Waals surface area (Å²) in [5.74, 6) is -0.278. The molecule has 0 aliphatic rings. The van der Waals surface area contributed by atoms with E-state index in [4.69, 9.17) is 9.84 Å². The van der Waals surface area contributed by atoms with Crippen molar-refractivity contribution >= 4 is 5.97 Å². The number of benzene rings is 1. The molecule has 0 spiro atoms. The highest BCUT2D eigenvalue weighted by molar-refractivity contribution is 5.91. The lowest BCUT2D eigenvalue weighted by Crippen LogP contribution is -2.17. The van der Waals surface area contributed by atoms with Gasteiger partial charge in [0.1, 0.15) is 0 Å². The van der Waals surface area contributed by atoms with Gasteiger partial charge in [-0.15, -0.1) is 0 Å². The van der Waals surface area contributed by atoms with E-state index in [2.05, 4.69) is 81.1 Å². The number of nitrogens with zero attached hydrogens (tertiary/aromatic N) is 3. The van der Waals surface area contributed by atoms with Crippen LogP contribution in [-0.4, -0.2) is 26.9 Å². The van der Waals surface area contributed by atoms with Crippen molar-refractivity contribution < 1.29 is 9.53 Å². The molecule has 0 bridgehead atoms. The number of hydrogen-bond donors (Lipinski definition) is 0. The number of aryl methyl sites for hydroxylation is 1. The van der Waals surface area contributed by atoms with Gasteiger partial charge < -0.3 is 9.30 Å². The molecular weight excluding hydrogens is 386 g/mol. The van der Waals surface area contributed by atoms with Crippen molar-refractivity contribution in [2.45, 2.75) is 73.1 Å². The summed E-state index contributed by atoms with van der Waals surface area (Å²) >= 11 is 0. The summed E-state index contributed by atoms with van der Waals surface area (Å²) in [7, 11) is 0. The molecule has 31 heavy (non-hydrogen) atoms. The van der Waals surface area contributed by atoms with Gasteiger partial charge in [-0.1, -0.05) is 41.5 Å². The van der Waals surface area contributed by atoms with Gasteiger partial charge in [0.15, 0.2) is 0 Å². The molecule has 0 saturated carbocycles. The molecule has 3 aromatic rings. The van der Waals surface area contributed by atoms with Gasteiger partial charge in [-0.3, -0.25) is 0 Å². The van der Waals surface area contributed by atoms with Crippen molar-refractivity contribution in [2.75, 3.05) is 6.61 Å². The highest BCUT2D eigenvalue weighted by atomic mass is 16.5. The van der Waals surface area contributed by atoms with Crippen molar-refractivity contribution in [1.29, 1.82) is 0 Å². The van der Waals surface area contributed by atoms with E-state index in [1.807, 2.05) is 26.8 Å². The van der Waals surface area contributed by atoms with Crippen molar-refractivity contribution in [1.82, 2.24) is 14.3 Å². The van der Waals surface area contributed by atoms with Crippen LogP contribution >= 0.6 is 0 Å². The van der Waals surface area contributed by atoms with Crippen molar-refractivity contribution in [2.24, 2.45) is 0 Å². The maximum Gasteiger partial charge on any atom is 0.339 e. The van der Waals surface area contributed by atoms with Crippen LogP contribution < -0.4 is 0 Å². The van der Waals surface area contributed by atoms with Crippen LogP contribution in [0.25, 0.3) is 11.4 Å². The normalized spacial score (nSPS) is 12.3. The van der Waals surface area contributed by atoms with E-state index in [1.54, 1.807) is 0 Å². The zero-order valence-electron chi connectivity index (χ0n) is 20.3. The van der Waals surface area contributed by atoms with Gasteiger partial charge in [-0.05, 0) is 57.2 Å². The maximum atomic E-state index is 12.3. The minimum atomic E-state index is -0.278. The molecule has 0 aliphatic carbocycles. The third-order valence-electron chi connectivity index (χ3n) is 5.53. The zero-order chi connectivity index (χ0) is 23.1. The van der Waals surface area contributed by atoms with Gasteiger partial charge in [-0.2, -0.15) is 5.10 Å². The Kier molecular flexibility index (Phi) is 5.92. The van der Waals surface area contributed by atoms with Crippen molar-refractivity contribution in [3.8, 4) is 11.4 Å². The molecule has 0 fully saturated rings. The van der Waals surface area contributed by atoms with E-state index >= 15 is 0 Å². The molecule has 0 N–H and O–H groups in total. The molecule has 1 aromatic carbocycles. The summed E-state index contributed by atoms with van der Waals surface area (Å²) in [5.41, 5.74) is 6.74. The summed E-state index contributed by atoms with van der Waals surface area (Å²) in [6.45, 7) is 19.4. The van der Waals surface area contributed by atoms with Crippen LogP contribution in [0.2, 0.25) is 0 Å². The molecule has 5 heteroatoms.